The monoisotopic (exact) mass is 339 g/mol. The summed E-state index contributed by atoms with van der Waals surface area (Å²) in [5.41, 5.74) is 4.18. The highest BCUT2D eigenvalue weighted by molar-refractivity contribution is 6.10. The van der Waals surface area contributed by atoms with Crippen LogP contribution in [-0.4, -0.2) is 23.6 Å². The highest BCUT2D eigenvalue weighted by Gasteiger charge is 2.28. The maximum Gasteiger partial charge on any atom is 0.310 e. The molecule has 5 nitrogen and oxygen atoms in total. The molecule has 3 rings (SSSR count). The molecule has 0 spiro atoms. The third kappa shape index (κ3) is 3.42. The number of ether oxygens (including phenoxy) is 1. The number of carbonyl (C=O) groups excluding carboxylic acids is 1. The summed E-state index contributed by atoms with van der Waals surface area (Å²) < 4.78 is 5.41. The molecule has 25 heavy (non-hydrogen) atoms. The minimum Gasteiger partial charge on any atom is -0.481 e. The Kier molecular flexibility index (Phi) is 4.86. The molecule has 2 aromatic rings. The lowest BCUT2D eigenvalue weighted by atomic mass is 10.0. The number of hydrogen-bond acceptors (Lipinski definition) is 3. The van der Waals surface area contributed by atoms with Crippen molar-refractivity contribution in [2.24, 2.45) is 0 Å². The molecule has 1 heterocycles. The molecule has 130 valence electrons. The predicted octanol–water partition coefficient (Wildman–Crippen LogP) is 3.57. The van der Waals surface area contributed by atoms with Gasteiger partial charge in [0.15, 0.2) is 0 Å². The standard InChI is InChI=1S/C20H21NO4/c1-3-25-12-14-4-5-16-11-21(19(22)18(16)10-14)17-8-6-15(7-9-17)13(2)20(23)24/h4-10,13H,3,11-12H2,1-2H3,(H,23,24). The van der Waals surface area contributed by atoms with Gasteiger partial charge in [-0.1, -0.05) is 24.3 Å². The van der Waals surface area contributed by atoms with Gasteiger partial charge < -0.3 is 14.7 Å². The number of nitrogens with zero attached hydrogens (tertiary/aromatic N) is 1. The largest absolute Gasteiger partial charge is 0.481 e. The van der Waals surface area contributed by atoms with E-state index in [9.17, 15) is 9.59 Å². The number of carbonyl (C=O) groups is 2. The fourth-order valence-electron chi connectivity index (χ4n) is 2.95. The molecule has 1 aliphatic rings. The Bertz CT molecular complexity index is 798. The highest BCUT2D eigenvalue weighted by atomic mass is 16.5. The molecule has 1 amide bonds. The van der Waals surface area contributed by atoms with Crippen molar-refractivity contribution >= 4 is 17.6 Å². The first-order valence-corrected chi connectivity index (χ1v) is 8.35. The number of fused-ring (bicyclic) bond motifs is 1. The second-order valence-electron chi connectivity index (χ2n) is 6.17. The molecule has 1 unspecified atom stereocenters. The SMILES string of the molecule is CCOCc1ccc2c(c1)C(=O)N(c1ccc(C(C)C(=O)O)cc1)C2. The van der Waals surface area contributed by atoms with Crippen LogP contribution in [0.25, 0.3) is 0 Å². The first-order valence-electron chi connectivity index (χ1n) is 8.35. The lowest BCUT2D eigenvalue weighted by Crippen LogP contribution is -2.23. The molecule has 0 saturated carbocycles. The Hall–Kier alpha value is -2.66. The van der Waals surface area contributed by atoms with Crippen molar-refractivity contribution in [1.29, 1.82) is 0 Å². The van der Waals surface area contributed by atoms with Gasteiger partial charge >= 0.3 is 5.97 Å². The number of anilines is 1. The van der Waals surface area contributed by atoms with Crippen molar-refractivity contribution in [1.82, 2.24) is 0 Å². The fraction of sp³-hybridized carbons (Fsp3) is 0.300. The average Bonchev–Trinajstić information content (AvgIpc) is 2.95. The van der Waals surface area contributed by atoms with Crippen LogP contribution in [0.1, 0.15) is 46.8 Å². The summed E-state index contributed by atoms with van der Waals surface area (Å²) in [6, 6.07) is 13.0. The number of rotatable bonds is 6. The van der Waals surface area contributed by atoms with E-state index < -0.39 is 11.9 Å². The third-order valence-corrected chi connectivity index (χ3v) is 4.53. The molecule has 0 bridgehead atoms. The van der Waals surface area contributed by atoms with Crippen LogP contribution < -0.4 is 4.90 Å². The Labute approximate surface area is 146 Å². The molecule has 0 aliphatic carbocycles. The normalized spacial score (nSPS) is 14.5. The Morgan fingerprint density at radius 2 is 1.96 bits per heavy atom. The van der Waals surface area contributed by atoms with E-state index in [1.165, 1.54) is 0 Å². The molecule has 0 aromatic heterocycles. The van der Waals surface area contributed by atoms with Crippen LogP contribution >= 0.6 is 0 Å². The Morgan fingerprint density at radius 3 is 2.60 bits per heavy atom. The summed E-state index contributed by atoms with van der Waals surface area (Å²) in [5.74, 6) is -1.46. The Morgan fingerprint density at radius 1 is 1.24 bits per heavy atom. The van der Waals surface area contributed by atoms with Gasteiger partial charge in [0.1, 0.15) is 0 Å². The number of aliphatic carboxylic acids is 1. The smallest absolute Gasteiger partial charge is 0.310 e. The predicted molar refractivity (Wildman–Crippen MR) is 94.8 cm³/mol. The van der Waals surface area contributed by atoms with Crippen molar-refractivity contribution in [3.05, 3.63) is 64.7 Å². The number of carboxylic acid groups (broad SMARTS) is 1. The van der Waals surface area contributed by atoms with Gasteiger partial charge in [-0.2, -0.15) is 0 Å². The maximum atomic E-state index is 12.7. The van der Waals surface area contributed by atoms with E-state index in [4.69, 9.17) is 9.84 Å². The first kappa shape index (κ1) is 17.2. The minimum atomic E-state index is -0.862. The fourth-order valence-corrected chi connectivity index (χ4v) is 2.95. The maximum absolute atomic E-state index is 12.7. The zero-order valence-electron chi connectivity index (χ0n) is 14.4. The number of amides is 1. The molecular weight excluding hydrogens is 318 g/mol. The number of carboxylic acids is 1. The molecule has 0 fully saturated rings. The zero-order chi connectivity index (χ0) is 18.0. The second kappa shape index (κ2) is 7.07. The highest BCUT2D eigenvalue weighted by Crippen LogP contribution is 2.30. The van der Waals surface area contributed by atoms with Crippen LogP contribution in [-0.2, 0) is 22.7 Å². The molecule has 0 radical (unpaired) electrons. The molecule has 5 heteroatoms. The summed E-state index contributed by atoms with van der Waals surface area (Å²) in [5, 5.41) is 9.09. The van der Waals surface area contributed by atoms with Crippen LogP contribution in [0.4, 0.5) is 5.69 Å². The first-order chi connectivity index (χ1) is 12.0. The van der Waals surface area contributed by atoms with Crippen LogP contribution in [0, 0.1) is 0 Å². The van der Waals surface area contributed by atoms with Crippen LogP contribution in [0.2, 0.25) is 0 Å². The minimum absolute atomic E-state index is 0.0348. The lowest BCUT2D eigenvalue weighted by molar-refractivity contribution is -0.138. The van der Waals surface area contributed by atoms with E-state index >= 15 is 0 Å². The van der Waals surface area contributed by atoms with Crippen molar-refractivity contribution in [2.45, 2.75) is 32.9 Å². The molecule has 0 saturated heterocycles. The molecule has 1 N–H and O–H groups in total. The summed E-state index contributed by atoms with van der Waals surface area (Å²) in [6.45, 7) is 5.25. The van der Waals surface area contributed by atoms with Crippen LogP contribution in [0.5, 0.6) is 0 Å². The van der Waals surface area contributed by atoms with Gasteiger partial charge in [0.2, 0.25) is 0 Å². The van der Waals surface area contributed by atoms with E-state index in [0.29, 0.717) is 25.3 Å². The van der Waals surface area contributed by atoms with Crippen LogP contribution in [0.3, 0.4) is 0 Å². The summed E-state index contributed by atoms with van der Waals surface area (Å²) >= 11 is 0. The van der Waals surface area contributed by atoms with Gasteiger partial charge in [0, 0.05) is 17.9 Å². The van der Waals surface area contributed by atoms with Gasteiger partial charge in [-0.15, -0.1) is 0 Å². The third-order valence-electron chi connectivity index (χ3n) is 4.53. The lowest BCUT2D eigenvalue weighted by Gasteiger charge is -2.16. The van der Waals surface area contributed by atoms with Crippen molar-refractivity contribution in [3.8, 4) is 0 Å². The van der Waals surface area contributed by atoms with Gasteiger partial charge in [-0.3, -0.25) is 9.59 Å². The number of benzene rings is 2. The van der Waals surface area contributed by atoms with Crippen molar-refractivity contribution in [2.75, 3.05) is 11.5 Å². The van der Waals surface area contributed by atoms with Crippen molar-refractivity contribution in [3.63, 3.8) is 0 Å². The zero-order valence-corrected chi connectivity index (χ0v) is 14.4. The summed E-state index contributed by atoms with van der Waals surface area (Å²) in [7, 11) is 0. The summed E-state index contributed by atoms with van der Waals surface area (Å²) in [4.78, 5) is 25.5. The number of hydrogen-bond donors (Lipinski definition) is 1. The van der Waals surface area contributed by atoms with E-state index in [0.717, 1.165) is 22.4 Å². The van der Waals surface area contributed by atoms with Crippen molar-refractivity contribution < 1.29 is 19.4 Å². The molecule has 1 aliphatic heterocycles. The van der Waals surface area contributed by atoms with E-state index in [1.807, 2.05) is 25.1 Å². The van der Waals surface area contributed by atoms with Crippen LogP contribution in [0.15, 0.2) is 42.5 Å². The van der Waals surface area contributed by atoms with E-state index in [1.54, 1.807) is 36.1 Å². The van der Waals surface area contributed by atoms with Gasteiger partial charge in [-0.25, -0.2) is 0 Å². The summed E-state index contributed by atoms with van der Waals surface area (Å²) in [6.07, 6.45) is 0. The van der Waals surface area contributed by atoms with Gasteiger partial charge in [0.25, 0.3) is 5.91 Å². The Balaban J connectivity index is 1.80. The molecular formula is C20H21NO4. The van der Waals surface area contributed by atoms with Gasteiger partial charge in [-0.05, 0) is 48.7 Å². The van der Waals surface area contributed by atoms with E-state index in [-0.39, 0.29) is 5.91 Å². The topological polar surface area (TPSA) is 66.8 Å². The average molecular weight is 339 g/mol. The van der Waals surface area contributed by atoms with E-state index in [2.05, 4.69) is 0 Å². The second-order valence-corrected chi connectivity index (χ2v) is 6.17. The van der Waals surface area contributed by atoms with Gasteiger partial charge in [0.05, 0.1) is 19.1 Å². The molecule has 2 aromatic carbocycles. The molecule has 1 atom stereocenters. The quantitative estimate of drug-likeness (QED) is 0.874.